The van der Waals surface area contributed by atoms with Crippen LogP contribution in [0, 0.1) is 0 Å². The molecule has 2 aromatic carbocycles. The number of ether oxygens (including phenoxy) is 1. The maximum absolute atomic E-state index is 15.5. The second-order valence-electron chi connectivity index (χ2n) is 7.59. The van der Waals surface area contributed by atoms with Gasteiger partial charge in [0.1, 0.15) is 14.2 Å². The van der Waals surface area contributed by atoms with E-state index in [9.17, 15) is 0 Å². The van der Waals surface area contributed by atoms with E-state index in [-0.39, 0.29) is 5.04 Å². The molecule has 1 saturated heterocycles. The Morgan fingerprint density at radius 2 is 1.67 bits per heavy atom. The van der Waals surface area contributed by atoms with Crippen LogP contribution in [0.5, 0.6) is 0 Å². The molecule has 0 saturated carbocycles. The Bertz CT molecular complexity index is 684. The Morgan fingerprint density at radius 1 is 1.05 bits per heavy atom. The van der Waals surface area contributed by atoms with Crippen molar-refractivity contribution in [1.29, 1.82) is 0 Å². The lowest BCUT2D eigenvalue weighted by atomic mass is 10.0. The van der Waals surface area contributed by atoms with Crippen molar-refractivity contribution < 1.29 is 9.13 Å². The Kier molecular flexibility index (Phi) is 3.09. The van der Waals surface area contributed by atoms with E-state index >= 15 is 4.39 Å². The standard InChI is InChI=1S/C18H23FOSi/c1-17(2,3)21(4,5)18(19)16(20-18)15-12-8-10-13-9-6-7-11-14(13)15/h6-12,16H,1-5H3. The molecule has 112 valence electrons. The van der Waals surface area contributed by atoms with Gasteiger partial charge in [0.2, 0.25) is 5.48 Å². The van der Waals surface area contributed by atoms with Gasteiger partial charge in [0.05, 0.1) is 0 Å². The monoisotopic (exact) mass is 302 g/mol. The third kappa shape index (κ3) is 2.06. The number of hydrogen-bond donors (Lipinski definition) is 0. The fraction of sp³-hybridized carbons (Fsp3) is 0.444. The fourth-order valence-electron chi connectivity index (χ4n) is 2.87. The highest BCUT2D eigenvalue weighted by atomic mass is 28.3. The lowest BCUT2D eigenvalue weighted by Gasteiger charge is -2.37. The van der Waals surface area contributed by atoms with E-state index in [1.54, 1.807) is 0 Å². The van der Waals surface area contributed by atoms with Gasteiger partial charge < -0.3 is 4.74 Å². The molecule has 1 aliphatic heterocycles. The van der Waals surface area contributed by atoms with Crippen molar-refractivity contribution in [2.24, 2.45) is 0 Å². The second-order valence-corrected chi connectivity index (χ2v) is 13.0. The van der Waals surface area contributed by atoms with Crippen molar-refractivity contribution in [2.45, 2.75) is 50.5 Å². The van der Waals surface area contributed by atoms with Crippen LogP contribution >= 0.6 is 0 Å². The molecule has 2 atom stereocenters. The number of halogens is 1. The second kappa shape index (κ2) is 4.40. The zero-order valence-corrected chi connectivity index (χ0v) is 14.4. The van der Waals surface area contributed by atoms with Gasteiger partial charge in [-0.2, -0.15) is 0 Å². The number of epoxide rings is 1. The molecule has 0 N–H and O–H groups in total. The quantitative estimate of drug-likeness (QED) is 0.518. The van der Waals surface area contributed by atoms with Gasteiger partial charge in [-0.25, -0.2) is 4.39 Å². The SMILES string of the molecule is CC(C)(C)[Si](C)(C)C1(F)OC1c1cccc2ccccc12. The molecule has 0 spiro atoms. The van der Waals surface area contributed by atoms with Crippen LogP contribution in [0.15, 0.2) is 42.5 Å². The summed E-state index contributed by atoms with van der Waals surface area (Å²) in [6, 6.07) is 14.2. The number of hydrogen-bond acceptors (Lipinski definition) is 1. The minimum atomic E-state index is -2.22. The van der Waals surface area contributed by atoms with Crippen LogP contribution in [0.3, 0.4) is 0 Å². The third-order valence-electron chi connectivity index (χ3n) is 5.40. The number of rotatable bonds is 2. The zero-order valence-electron chi connectivity index (χ0n) is 13.4. The van der Waals surface area contributed by atoms with Gasteiger partial charge in [-0.05, 0) is 21.4 Å². The average molecular weight is 302 g/mol. The Labute approximate surface area is 127 Å². The van der Waals surface area contributed by atoms with E-state index in [2.05, 4.69) is 52.1 Å². The van der Waals surface area contributed by atoms with Crippen LogP contribution < -0.4 is 0 Å². The van der Waals surface area contributed by atoms with E-state index in [1.807, 2.05) is 24.3 Å². The summed E-state index contributed by atoms with van der Waals surface area (Å²) in [5.74, 6) is 0. The molecular weight excluding hydrogens is 279 g/mol. The molecule has 3 heteroatoms. The summed E-state index contributed by atoms with van der Waals surface area (Å²) in [4.78, 5) is 0. The molecule has 2 unspecified atom stereocenters. The van der Waals surface area contributed by atoms with Crippen molar-refractivity contribution in [3.63, 3.8) is 0 Å². The van der Waals surface area contributed by atoms with Crippen LogP contribution in [0.1, 0.15) is 32.4 Å². The molecule has 0 radical (unpaired) electrons. The Hall–Kier alpha value is -1.19. The minimum Gasteiger partial charge on any atom is -0.333 e. The highest BCUT2D eigenvalue weighted by molar-refractivity contribution is 6.83. The van der Waals surface area contributed by atoms with Crippen LogP contribution in [0.4, 0.5) is 4.39 Å². The summed E-state index contributed by atoms with van der Waals surface area (Å²) in [5.41, 5.74) is -0.476. The molecule has 1 fully saturated rings. The van der Waals surface area contributed by atoms with E-state index in [0.717, 1.165) is 16.3 Å². The number of fused-ring (bicyclic) bond motifs is 1. The smallest absolute Gasteiger partial charge is 0.222 e. The first-order chi connectivity index (χ1) is 9.68. The maximum atomic E-state index is 15.5. The normalized spacial score (nSPS) is 26.1. The Morgan fingerprint density at radius 3 is 2.33 bits per heavy atom. The van der Waals surface area contributed by atoms with Gasteiger partial charge in [-0.15, -0.1) is 0 Å². The summed E-state index contributed by atoms with van der Waals surface area (Å²) in [6.07, 6.45) is -0.413. The van der Waals surface area contributed by atoms with E-state index < -0.39 is 19.7 Å². The number of alkyl halides is 1. The van der Waals surface area contributed by atoms with Gasteiger partial charge in [0, 0.05) is 0 Å². The lowest BCUT2D eigenvalue weighted by Crippen LogP contribution is -2.50. The first-order valence-electron chi connectivity index (χ1n) is 7.53. The van der Waals surface area contributed by atoms with Crippen molar-refractivity contribution >= 4 is 18.8 Å². The van der Waals surface area contributed by atoms with E-state index in [0.29, 0.717) is 0 Å². The molecule has 2 aromatic rings. The molecule has 0 bridgehead atoms. The lowest BCUT2D eigenvalue weighted by molar-refractivity contribution is 0.207. The van der Waals surface area contributed by atoms with Crippen LogP contribution in [-0.2, 0) is 4.74 Å². The molecule has 1 nitrogen and oxygen atoms in total. The van der Waals surface area contributed by atoms with Crippen molar-refractivity contribution in [3.05, 3.63) is 48.0 Å². The van der Waals surface area contributed by atoms with Gasteiger partial charge >= 0.3 is 0 Å². The molecule has 1 heterocycles. The molecule has 21 heavy (non-hydrogen) atoms. The maximum Gasteiger partial charge on any atom is 0.222 e. The molecule has 0 aromatic heterocycles. The van der Waals surface area contributed by atoms with Crippen molar-refractivity contribution in [2.75, 3.05) is 0 Å². The summed E-state index contributed by atoms with van der Waals surface area (Å²) < 4.78 is 21.2. The molecule has 1 aliphatic rings. The molecule has 0 aliphatic carbocycles. The first kappa shape index (κ1) is 14.7. The molecule has 0 amide bonds. The van der Waals surface area contributed by atoms with Gasteiger partial charge in [-0.3, -0.25) is 0 Å². The minimum absolute atomic E-state index is 0.0406. The van der Waals surface area contributed by atoms with Crippen LogP contribution in [0.2, 0.25) is 18.1 Å². The summed E-state index contributed by atoms with van der Waals surface area (Å²) in [6.45, 7) is 10.6. The van der Waals surface area contributed by atoms with Gasteiger partial charge in [0.25, 0.3) is 0 Å². The highest BCUT2D eigenvalue weighted by Gasteiger charge is 2.71. The molecule has 3 rings (SSSR count). The van der Waals surface area contributed by atoms with E-state index in [1.165, 1.54) is 0 Å². The third-order valence-corrected chi connectivity index (χ3v) is 11.2. The number of benzene rings is 2. The largest absolute Gasteiger partial charge is 0.333 e. The highest BCUT2D eigenvalue weighted by Crippen LogP contribution is 2.62. The summed E-state index contributed by atoms with van der Waals surface area (Å²) in [5, 5.41) is 2.20. The summed E-state index contributed by atoms with van der Waals surface area (Å²) >= 11 is 0. The average Bonchev–Trinajstić information content (AvgIpc) is 3.11. The van der Waals surface area contributed by atoms with Crippen LogP contribution in [0.25, 0.3) is 10.8 Å². The van der Waals surface area contributed by atoms with Crippen LogP contribution in [-0.4, -0.2) is 13.6 Å². The Balaban J connectivity index is 2.04. The predicted octanol–water partition coefficient (Wildman–Crippen LogP) is 5.62. The topological polar surface area (TPSA) is 12.5 Å². The van der Waals surface area contributed by atoms with E-state index in [4.69, 9.17) is 4.74 Å². The van der Waals surface area contributed by atoms with Gasteiger partial charge in [0.15, 0.2) is 0 Å². The van der Waals surface area contributed by atoms with Crippen molar-refractivity contribution in [3.8, 4) is 0 Å². The predicted molar refractivity (Wildman–Crippen MR) is 88.8 cm³/mol. The van der Waals surface area contributed by atoms with Gasteiger partial charge in [-0.1, -0.05) is 76.3 Å². The fourth-order valence-corrected chi connectivity index (χ4v) is 5.11. The molecular formula is C18H23FOSi. The first-order valence-corrected chi connectivity index (χ1v) is 10.5. The van der Waals surface area contributed by atoms with Crippen molar-refractivity contribution in [1.82, 2.24) is 0 Å². The zero-order chi connectivity index (χ0) is 15.5. The summed E-state index contributed by atoms with van der Waals surface area (Å²) in [7, 11) is -2.22.